The number of aryl methyl sites for hydroxylation is 2. The van der Waals surface area contributed by atoms with Gasteiger partial charge in [-0.3, -0.25) is 14.4 Å². The molecule has 1 aromatic carbocycles. The van der Waals surface area contributed by atoms with E-state index in [1.54, 1.807) is 47.6 Å². The lowest BCUT2D eigenvalue weighted by Gasteiger charge is -2.35. The fourth-order valence-electron chi connectivity index (χ4n) is 3.51. The molecule has 2 unspecified atom stereocenters. The lowest BCUT2D eigenvalue weighted by Crippen LogP contribution is -2.55. The molecule has 198 valence electrons. The Kier molecular flexibility index (Phi) is 10.5. The summed E-state index contributed by atoms with van der Waals surface area (Å²) < 4.78 is 5.28. The average Bonchev–Trinajstić information content (AvgIpc) is 2.69. The highest BCUT2D eigenvalue weighted by Gasteiger charge is 2.38. The fraction of sp³-hybridized carbons (Fsp3) is 0.577. The van der Waals surface area contributed by atoms with E-state index >= 15 is 0 Å². The molecular formula is C26H39N5O5. The Morgan fingerprint density at radius 1 is 1.11 bits per heavy atom. The van der Waals surface area contributed by atoms with Crippen molar-refractivity contribution in [2.75, 3.05) is 6.54 Å². The van der Waals surface area contributed by atoms with Gasteiger partial charge in [-0.15, -0.1) is 0 Å². The number of benzene rings is 1. The summed E-state index contributed by atoms with van der Waals surface area (Å²) >= 11 is 0. The summed E-state index contributed by atoms with van der Waals surface area (Å²) in [6, 6.07) is 5.05. The molecule has 0 radical (unpaired) electrons. The van der Waals surface area contributed by atoms with Crippen LogP contribution in [-0.4, -0.2) is 52.4 Å². The molecular weight excluding hydrogens is 462 g/mol. The van der Waals surface area contributed by atoms with E-state index in [0.29, 0.717) is 5.56 Å². The monoisotopic (exact) mass is 501 g/mol. The molecule has 0 saturated carbocycles. The van der Waals surface area contributed by atoms with E-state index in [1.165, 1.54) is 0 Å². The summed E-state index contributed by atoms with van der Waals surface area (Å²) in [6.07, 6.45) is -1.20. The van der Waals surface area contributed by atoms with Gasteiger partial charge in [-0.05, 0) is 72.9 Å². The molecule has 0 heterocycles. The number of hydrogen-bond acceptors (Lipinski definition) is 6. The summed E-state index contributed by atoms with van der Waals surface area (Å²) in [5.74, 6) is -1.86. The molecule has 0 aromatic heterocycles. The van der Waals surface area contributed by atoms with Gasteiger partial charge in [0.1, 0.15) is 24.2 Å². The minimum absolute atomic E-state index is 0.129. The second kappa shape index (κ2) is 12.4. The third kappa shape index (κ3) is 9.94. The largest absolute Gasteiger partial charge is 0.444 e. The number of carbonyl (C=O) groups is 4. The van der Waals surface area contributed by atoms with Gasteiger partial charge in [0.05, 0.1) is 6.07 Å². The Hall–Kier alpha value is -3.61. The molecule has 0 aliphatic heterocycles. The lowest BCUT2D eigenvalue weighted by atomic mass is 9.95. The van der Waals surface area contributed by atoms with Crippen LogP contribution in [0.25, 0.3) is 0 Å². The molecule has 4 N–H and O–H groups in total. The maximum absolute atomic E-state index is 13.8. The highest BCUT2D eigenvalue weighted by atomic mass is 16.6. The van der Waals surface area contributed by atoms with Gasteiger partial charge in [0.15, 0.2) is 0 Å². The van der Waals surface area contributed by atoms with Crippen molar-refractivity contribution in [3.8, 4) is 6.07 Å². The van der Waals surface area contributed by atoms with Gasteiger partial charge in [-0.1, -0.05) is 23.8 Å². The summed E-state index contributed by atoms with van der Waals surface area (Å²) in [4.78, 5) is 52.4. The standard InChI is InChI=1S/C26H39N5O5/c1-16-9-10-17(2)18(15-16)21(22(33)30-25(3,4)5)31(14-13-27)23(34)19(11-12-20(28)32)29-24(35)36-26(6,7)8/h9-10,15,19,21H,11-12,14H2,1-8H3,(H2,28,32)(H,29,35)(H,30,33). The van der Waals surface area contributed by atoms with Crippen molar-refractivity contribution in [1.29, 1.82) is 5.26 Å². The van der Waals surface area contributed by atoms with E-state index in [2.05, 4.69) is 10.6 Å². The smallest absolute Gasteiger partial charge is 0.408 e. The first-order valence-corrected chi connectivity index (χ1v) is 11.8. The molecule has 0 aliphatic carbocycles. The first kappa shape index (κ1) is 30.4. The molecule has 0 saturated heterocycles. The van der Waals surface area contributed by atoms with E-state index < -0.39 is 53.6 Å². The van der Waals surface area contributed by atoms with Crippen LogP contribution in [0.1, 0.15) is 77.1 Å². The van der Waals surface area contributed by atoms with Crippen molar-refractivity contribution in [2.24, 2.45) is 5.73 Å². The van der Waals surface area contributed by atoms with Gasteiger partial charge in [0, 0.05) is 12.0 Å². The molecule has 0 aliphatic rings. The number of nitrogens with one attached hydrogen (secondary N) is 2. The van der Waals surface area contributed by atoms with Gasteiger partial charge >= 0.3 is 6.09 Å². The zero-order chi connectivity index (χ0) is 27.8. The molecule has 1 aromatic rings. The molecule has 36 heavy (non-hydrogen) atoms. The Bertz CT molecular complexity index is 1020. The van der Waals surface area contributed by atoms with Crippen LogP contribution >= 0.6 is 0 Å². The molecule has 10 nitrogen and oxygen atoms in total. The summed E-state index contributed by atoms with van der Waals surface area (Å²) in [5, 5.41) is 15.0. The zero-order valence-electron chi connectivity index (χ0n) is 22.5. The van der Waals surface area contributed by atoms with Gasteiger partial charge in [0.25, 0.3) is 0 Å². The Morgan fingerprint density at radius 3 is 2.22 bits per heavy atom. The fourth-order valence-corrected chi connectivity index (χ4v) is 3.51. The third-order valence-corrected chi connectivity index (χ3v) is 4.98. The Morgan fingerprint density at radius 2 is 1.72 bits per heavy atom. The number of nitrogens with two attached hydrogens (primary N) is 1. The van der Waals surface area contributed by atoms with Crippen LogP contribution in [0.4, 0.5) is 4.79 Å². The number of primary amides is 1. The van der Waals surface area contributed by atoms with Crippen LogP contribution < -0.4 is 16.4 Å². The molecule has 0 spiro atoms. The summed E-state index contributed by atoms with van der Waals surface area (Å²) in [7, 11) is 0. The van der Waals surface area contributed by atoms with Crippen LogP contribution in [0, 0.1) is 25.2 Å². The lowest BCUT2D eigenvalue weighted by molar-refractivity contribution is -0.142. The second-order valence-corrected chi connectivity index (χ2v) is 10.8. The molecule has 0 fully saturated rings. The third-order valence-electron chi connectivity index (χ3n) is 4.98. The van der Waals surface area contributed by atoms with E-state index in [9.17, 15) is 24.4 Å². The van der Waals surface area contributed by atoms with Crippen LogP contribution in [-0.2, 0) is 19.1 Å². The Balaban J connectivity index is 3.57. The van der Waals surface area contributed by atoms with E-state index in [4.69, 9.17) is 10.5 Å². The predicted octanol–water partition coefficient (Wildman–Crippen LogP) is 2.77. The van der Waals surface area contributed by atoms with Crippen LogP contribution in [0.2, 0.25) is 0 Å². The number of carbonyl (C=O) groups excluding carboxylic acids is 4. The number of nitriles is 1. The van der Waals surface area contributed by atoms with Crippen LogP contribution in [0.15, 0.2) is 18.2 Å². The molecule has 10 heteroatoms. The maximum atomic E-state index is 13.8. The molecule has 4 amide bonds. The van der Waals surface area contributed by atoms with Crippen molar-refractivity contribution in [3.05, 3.63) is 34.9 Å². The normalized spacial score (nSPS) is 13.1. The highest BCUT2D eigenvalue weighted by molar-refractivity contribution is 5.93. The first-order chi connectivity index (χ1) is 16.4. The highest BCUT2D eigenvalue weighted by Crippen LogP contribution is 2.27. The van der Waals surface area contributed by atoms with E-state index in [-0.39, 0.29) is 12.8 Å². The quantitative estimate of drug-likeness (QED) is 0.442. The number of amides is 4. The zero-order valence-corrected chi connectivity index (χ0v) is 22.5. The minimum Gasteiger partial charge on any atom is -0.444 e. The minimum atomic E-state index is -1.25. The number of ether oxygens (including phenoxy) is 1. The molecule has 2 atom stereocenters. The van der Waals surface area contributed by atoms with E-state index in [1.807, 2.05) is 32.0 Å². The van der Waals surface area contributed by atoms with Crippen LogP contribution in [0.5, 0.6) is 0 Å². The van der Waals surface area contributed by atoms with Crippen LogP contribution in [0.3, 0.4) is 0 Å². The number of nitrogens with zero attached hydrogens (tertiary/aromatic N) is 2. The van der Waals surface area contributed by atoms with Crippen molar-refractivity contribution in [2.45, 2.75) is 91.5 Å². The topological polar surface area (TPSA) is 155 Å². The van der Waals surface area contributed by atoms with Crippen molar-refractivity contribution in [3.63, 3.8) is 0 Å². The first-order valence-electron chi connectivity index (χ1n) is 11.8. The number of hydrogen-bond donors (Lipinski definition) is 3. The van der Waals surface area contributed by atoms with Gasteiger partial charge < -0.3 is 26.0 Å². The summed E-state index contributed by atoms with van der Waals surface area (Å²) in [5.41, 5.74) is 6.00. The second-order valence-electron chi connectivity index (χ2n) is 10.8. The molecule has 0 bridgehead atoms. The van der Waals surface area contributed by atoms with Crippen molar-refractivity contribution < 1.29 is 23.9 Å². The predicted molar refractivity (Wildman–Crippen MR) is 135 cm³/mol. The van der Waals surface area contributed by atoms with Gasteiger partial charge in [-0.2, -0.15) is 5.26 Å². The number of rotatable bonds is 9. The van der Waals surface area contributed by atoms with Crippen molar-refractivity contribution >= 4 is 23.8 Å². The number of alkyl carbamates (subject to hydrolysis) is 1. The van der Waals surface area contributed by atoms with Gasteiger partial charge in [0.2, 0.25) is 17.7 Å². The average molecular weight is 502 g/mol. The van der Waals surface area contributed by atoms with E-state index in [0.717, 1.165) is 16.0 Å². The van der Waals surface area contributed by atoms with Gasteiger partial charge in [-0.25, -0.2) is 4.79 Å². The molecule has 1 rings (SSSR count). The Labute approximate surface area is 213 Å². The summed E-state index contributed by atoms with van der Waals surface area (Å²) in [6.45, 7) is 13.7. The van der Waals surface area contributed by atoms with Crippen molar-refractivity contribution in [1.82, 2.24) is 15.5 Å². The SMILES string of the molecule is Cc1ccc(C)c(C(C(=O)NC(C)(C)C)N(CC#N)C(=O)C(CCC(N)=O)NC(=O)OC(C)(C)C)c1. The maximum Gasteiger partial charge on any atom is 0.408 e.